The molecular weight excluding hydrogens is 272 g/mol. The Morgan fingerprint density at radius 1 is 1.35 bits per heavy atom. The Kier molecular flexibility index (Phi) is 4.78. The van der Waals surface area contributed by atoms with Crippen LogP contribution in [0.25, 0.3) is 0 Å². The molecule has 5 heteroatoms. The molecule has 0 fully saturated rings. The third kappa shape index (κ3) is 3.02. The zero-order valence-electron chi connectivity index (χ0n) is 12.4. The molecule has 1 atom stereocenters. The van der Waals surface area contributed by atoms with Gasteiger partial charge in [-0.2, -0.15) is 5.10 Å². The molecule has 1 N–H and O–H groups in total. The zero-order chi connectivity index (χ0) is 14.7. The number of pyridine rings is 1. The van der Waals surface area contributed by atoms with Crippen molar-refractivity contribution >= 4 is 11.6 Å². The molecule has 4 nitrogen and oxygen atoms in total. The van der Waals surface area contributed by atoms with Crippen LogP contribution in [0.2, 0.25) is 5.02 Å². The first-order valence-electron chi connectivity index (χ1n) is 6.87. The summed E-state index contributed by atoms with van der Waals surface area (Å²) >= 11 is 6.36. The molecule has 0 aliphatic carbocycles. The maximum Gasteiger partial charge on any atom is 0.0847 e. The SMILES string of the molecule is CCNC(Cc1c(Cl)c(C)nn1C)c1cccnc1C. The molecule has 0 saturated heterocycles. The summed E-state index contributed by atoms with van der Waals surface area (Å²) in [6.45, 7) is 6.97. The molecular formula is C15H21ClN4. The summed E-state index contributed by atoms with van der Waals surface area (Å²) in [7, 11) is 1.94. The van der Waals surface area contributed by atoms with Crippen molar-refractivity contribution in [2.75, 3.05) is 6.54 Å². The summed E-state index contributed by atoms with van der Waals surface area (Å²) in [5.74, 6) is 0. The van der Waals surface area contributed by atoms with Gasteiger partial charge in [0.25, 0.3) is 0 Å². The van der Waals surface area contributed by atoms with Gasteiger partial charge >= 0.3 is 0 Å². The minimum Gasteiger partial charge on any atom is -0.310 e. The van der Waals surface area contributed by atoms with Gasteiger partial charge in [-0.15, -0.1) is 0 Å². The number of rotatable bonds is 5. The van der Waals surface area contributed by atoms with Crippen molar-refractivity contribution in [3.05, 3.63) is 46.0 Å². The number of nitrogens with one attached hydrogen (secondary N) is 1. The fraction of sp³-hybridized carbons (Fsp3) is 0.467. The molecule has 0 aliphatic heterocycles. The van der Waals surface area contributed by atoms with E-state index in [4.69, 9.17) is 11.6 Å². The van der Waals surface area contributed by atoms with Gasteiger partial charge in [-0.05, 0) is 32.0 Å². The average molecular weight is 293 g/mol. The molecule has 2 rings (SSSR count). The quantitative estimate of drug-likeness (QED) is 0.921. The summed E-state index contributed by atoms with van der Waals surface area (Å²) in [6, 6.07) is 4.29. The summed E-state index contributed by atoms with van der Waals surface area (Å²) < 4.78 is 1.87. The van der Waals surface area contributed by atoms with Gasteiger partial charge in [0.2, 0.25) is 0 Å². The monoisotopic (exact) mass is 292 g/mol. The normalized spacial score (nSPS) is 12.7. The van der Waals surface area contributed by atoms with Crippen LogP contribution in [0, 0.1) is 13.8 Å². The third-order valence-electron chi connectivity index (χ3n) is 3.53. The van der Waals surface area contributed by atoms with Crippen LogP contribution in [-0.4, -0.2) is 21.3 Å². The lowest BCUT2D eigenvalue weighted by Gasteiger charge is -2.20. The Labute approximate surface area is 125 Å². The van der Waals surface area contributed by atoms with Crippen LogP contribution >= 0.6 is 11.6 Å². The van der Waals surface area contributed by atoms with Crippen LogP contribution in [0.3, 0.4) is 0 Å². The molecule has 0 bridgehead atoms. The topological polar surface area (TPSA) is 42.7 Å². The minimum atomic E-state index is 0.195. The van der Waals surface area contributed by atoms with Gasteiger partial charge < -0.3 is 5.32 Å². The highest BCUT2D eigenvalue weighted by Gasteiger charge is 2.19. The highest BCUT2D eigenvalue weighted by molar-refractivity contribution is 6.31. The van der Waals surface area contributed by atoms with Crippen molar-refractivity contribution in [2.45, 2.75) is 33.2 Å². The van der Waals surface area contributed by atoms with Gasteiger partial charge in [0.15, 0.2) is 0 Å². The van der Waals surface area contributed by atoms with Crippen LogP contribution < -0.4 is 5.32 Å². The van der Waals surface area contributed by atoms with Gasteiger partial charge in [0, 0.05) is 31.4 Å². The molecule has 2 heterocycles. The van der Waals surface area contributed by atoms with Crippen LogP contribution in [0.15, 0.2) is 18.3 Å². The molecule has 0 radical (unpaired) electrons. The van der Waals surface area contributed by atoms with E-state index in [2.05, 4.69) is 28.4 Å². The Bertz CT molecular complexity index is 592. The van der Waals surface area contributed by atoms with E-state index in [1.165, 1.54) is 5.56 Å². The van der Waals surface area contributed by atoms with Crippen molar-refractivity contribution in [1.82, 2.24) is 20.1 Å². The number of aromatic nitrogens is 3. The van der Waals surface area contributed by atoms with E-state index in [9.17, 15) is 0 Å². The molecule has 0 aromatic carbocycles. The fourth-order valence-corrected chi connectivity index (χ4v) is 2.74. The second-order valence-electron chi connectivity index (χ2n) is 4.96. The van der Waals surface area contributed by atoms with E-state index in [0.29, 0.717) is 0 Å². The molecule has 2 aromatic rings. The first-order chi connectivity index (χ1) is 9.54. The Balaban J connectivity index is 2.33. The molecule has 0 aliphatic rings. The van der Waals surface area contributed by atoms with Crippen molar-refractivity contribution in [3.63, 3.8) is 0 Å². The highest BCUT2D eigenvalue weighted by atomic mass is 35.5. The Hall–Kier alpha value is -1.39. The molecule has 0 amide bonds. The number of likely N-dealkylation sites (N-methyl/N-ethyl adjacent to an activating group) is 1. The second-order valence-corrected chi connectivity index (χ2v) is 5.34. The summed E-state index contributed by atoms with van der Waals surface area (Å²) in [5.41, 5.74) is 4.19. The average Bonchev–Trinajstić information content (AvgIpc) is 2.65. The third-order valence-corrected chi connectivity index (χ3v) is 4.02. The van der Waals surface area contributed by atoms with Crippen LogP contribution in [-0.2, 0) is 13.5 Å². The molecule has 1 unspecified atom stereocenters. The first kappa shape index (κ1) is 15.0. The lowest BCUT2D eigenvalue weighted by Crippen LogP contribution is -2.25. The lowest BCUT2D eigenvalue weighted by atomic mass is 10.0. The number of hydrogen-bond acceptors (Lipinski definition) is 3. The van der Waals surface area contributed by atoms with E-state index in [1.807, 2.05) is 37.8 Å². The summed E-state index contributed by atoms with van der Waals surface area (Å²) in [4.78, 5) is 4.38. The van der Waals surface area contributed by atoms with Gasteiger partial charge in [0.1, 0.15) is 0 Å². The lowest BCUT2D eigenvalue weighted by molar-refractivity contribution is 0.525. The van der Waals surface area contributed by atoms with Crippen LogP contribution in [0.4, 0.5) is 0 Å². The van der Waals surface area contributed by atoms with E-state index in [1.54, 1.807) is 0 Å². The van der Waals surface area contributed by atoms with E-state index < -0.39 is 0 Å². The van der Waals surface area contributed by atoms with Gasteiger partial charge in [-0.1, -0.05) is 24.6 Å². The maximum atomic E-state index is 6.36. The highest BCUT2D eigenvalue weighted by Crippen LogP contribution is 2.26. The minimum absolute atomic E-state index is 0.195. The van der Waals surface area contributed by atoms with Crippen molar-refractivity contribution in [1.29, 1.82) is 0 Å². The van der Waals surface area contributed by atoms with Gasteiger partial charge in [0.05, 0.1) is 16.4 Å². The van der Waals surface area contributed by atoms with Crippen LogP contribution in [0.1, 0.15) is 35.6 Å². The predicted molar refractivity (Wildman–Crippen MR) is 82.1 cm³/mol. The number of nitrogens with zero attached hydrogens (tertiary/aromatic N) is 3. The smallest absolute Gasteiger partial charge is 0.0847 e. The first-order valence-corrected chi connectivity index (χ1v) is 7.25. The summed E-state index contributed by atoms with van der Waals surface area (Å²) in [5, 5.41) is 8.65. The van der Waals surface area contributed by atoms with E-state index in [0.717, 1.165) is 35.1 Å². The second kappa shape index (κ2) is 6.37. The number of hydrogen-bond donors (Lipinski definition) is 1. The molecule has 108 valence electrons. The molecule has 0 saturated carbocycles. The fourth-order valence-electron chi connectivity index (χ4n) is 2.50. The van der Waals surface area contributed by atoms with Crippen molar-refractivity contribution in [2.24, 2.45) is 7.05 Å². The van der Waals surface area contributed by atoms with Gasteiger partial charge in [-0.3, -0.25) is 9.67 Å². The van der Waals surface area contributed by atoms with Crippen molar-refractivity contribution < 1.29 is 0 Å². The van der Waals surface area contributed by atoms with E-state index in [-0.39, 0.29) is 6.04 Å². The largest absolute Gasteiger partial charge is 0.310 e. The van der Waals surface area contributed by atoms with Crippen LogP contribution in [0.5, 0.6) is 0 Å². The number of halogens is 1. The zero-order valence-corrected chi connectivity index (χ0v) is 13.2. The Morgan fingerprint density at radius 3 is 2.65 bits per heavy atom. The van der Waals surface area contributed by atoms with Gasteiger partial charge in [-0.25, -0.2) is 0 Å². The molecule has 2 aromatic heterocycles. The van der Waals surface area contributed by atoms with Crippen molar-refractivity contribution in [3.8, 4) is 0 Å². The maximum absolute atomic E-state index is 6.36. The summed E-state index contributed by atoms with van der Waals surface area (Å²) in [6.07, 6.45) is 2.62. The van der Waals surface area contributed by atoms with E-state index >= 15 is 0 Å². The standard InChI is InChI=1S/C15H21ClN4/c1-5-17-13(12-7-6-8-18-10(12)2)9-14-15(16)11(3)19-20(14)4/h6-8,13,17H,5,9H2,1-4H3. The molecule has 20 heavy (non-hydrogen) atoms. The number of aryl methyl sites for hydroxylation is 3. The predicted octanol–water partition coefficient (Wildman–Crippen LogP) is 2.98. The Morgan fingerprint density at radius 2 is 2.10 bits per heavy atom. The molecule has 0 spiro atoms.